The van der Waals surface area contributed by atoms with Crippen LogP contribution in [0.15, 0.2) is 84.9 Å². The highest BCUT2D eigenvalue weighted by Crippen LogP contribution is 2.20. The molecule has 0 saturated carbocycles. The zero-order valence-electron chi connectivity index (χ0n) is 19.5. The lowest BCUT2D eigenvalue weighted by Gasteiger charge is -2.31. The van der Waals surface area contributed by atoms with E-state index in [0.717, 1.165) is 23.1 Å². The summed E-state index contributed by atoms with van der Waals surface area (Å²) in [5.74, 6) is 0.793. The fraction of sp³-hybridized carbons (Fsp3) is 0.286. The summed E-state index contributed by atoms with van der Waals surface area (Å²) in [6.45, 7) is 2.99. The number of carbonyl (C=O) groups excluding carboxylic acids is 2. The lowest BCUT2D eigenvalue weighted by atomic mass is 10.0. The second-order valence-corrected chi connectivity index (χ2v) is 9.55. The number of rotatable bonds is 12. The van der Waals surface area contributed by atoms with Crippen molar-refractivity contribution >= 4 is 35.2 Å². The Hall–Kier alpha value is -2.76. The Kier molecular flexibility index (Phi) is 10.5. The van der Waals surface area contributed by atoms with Gasteiger partial charge in [-0.25, -0.2) is 0 Å². The number of hydrogen-bond donors (Lipinski definition) is 1. The predicted molar refractivity (Wildman–Crippen MR) is 142 cm³/mol. The molecule has 0 radical (unpaired) electrons. The monoisotopic (exact) mass is 494 g/mol. The molecule has 2 amide bonds. The van der Waals surface area contributed by atoms with Gasteiger partial charge in [0, 0.05) is 30.3 Å². The summed E-state index contributed by atoms with van der Waals surface area (Å²) >= 11 is 7.63. The number of amides is 2. The third kappa shape index (κ3) is 8.23. The van der Waals surface area contributed by atoms with Crippen LogP contribution in [0.2, 0.25) is 5.02 Å². The predicted octanol–water partition coefficient (Wildman–Crippen LogP) is 5.74. The maximum Gasteiger partial charge on any atom is 0.243 e. The Morgan fingerprint density at radius 1 is 0.912 bits per heavy atom. The highest BCUT2D eigenvalue weighted by molar-refractivity contribution is 7.99. The Labute approximate surface area is 211 Å². The van der Waals surface area contributed by atoms with E-state index in [1.807, 2.05) is 91.9 Å². The number of nitrogens with one attached hydrogen (secondary N) is 1. The number of thioether (sulfide) groups is 1. The van der Waals surface area contributed by atoms with Gasteiger partial charge in [0.25, 0.3) is 0 Å². The summed E-state index contributed by atoms with van der Waals surface area (Å²) in [6.07, 6.45) is 1.31. The van der Waals surface area contributed by atoms with Gasteiger partial charge in [0.05, 0.1) is 5.75 Å². The zero-order chi connectivity index (χ0) is 24.2. The molecule has 3 aromatic carbocycles. The molecular weight excluding hydrogens is 464 g/mol. The maximum absolute atomic E-state index is 13.5. The van der Waals surface area contributed by atoms with Gasteiger partial charge in [-0.1, -0.05) is 91.3 Å². The standard InChI is InChI=1S/C28H31ClN2O2S/c1-2-16-30-28(33)26(18-22-10-5-3-6-11-22)31(19-23-12-7-4-8-13-23)27(32)21-34-20-24-14-9-15-25(29)17-24/h3-15,17,26H,2,16,18-21H2,1H3,(H,30,33). The van der Waals surface area contributed by atoms with Gasteiger partial charge in [-0.2, -0.15) is 0 Å². The zero-order valence-corrected chi connectivity index (χ0v) is 21.0. The maximum atomic E-state index is 13.5. The number of halogens is 1. The molecule has 6 heteroatoms. The Bertz CT molecular complexity index is 1050. The minimum atomic E-state index is -0.589. The third-order valence-electron chi connectivity index (χ3n) is 5.40. The minimum Gasteiger partial charge on any atom is -0.354 e. The SMILES string of the molecule is CCCNC(=O)C(Cc1ccccc1)N(Cc1ccccc1)C(=O)CSCc1cccc(Cl)c1. The van der Waals surface area contributed by atoms with Crippen molar-refractivity contribution in [3.05, 3.63) is 107 Å². The molecule has 0 aliphatic rings. The van der Waals surface area contributed by atoms with Gasteiger partial charge in [-0.3, -0.25) is 9.59 Å². The molecule has 4 nitrogen and oxygen atoms in total. The lowest BCUT2D eigenvalue weighted by Crippen LogP contribution is -2.51. The lowest BCUT2D eigenvalue weighted by molar-refractivity contribution is -0.139. The van der Waals surface area contributed by atoms with Crippen LogP contribution in [0, 0.1) is 0 Å². The van der Waals surface area contributed by atoms with Crippen LogP contribution in [0.3, 0.4) is 0 Å². The summed E-state index contributed by atoms with van der Waals surface area (Å²) in [6, 6.07) is 26.8. The molecule has 0 aliphatic heterocycles. The van der Waals surface area contributed by atoms with E-state index in [9.17, 15) is 9.59 Å². The van der Waals surface area contributed by atoms with Crippen LogP contribution in [0.1, 0.15) is 30.0 Å². The highest BCUT2D eigenvalue weighted by atomic mass is 35.5. The fourth-order valence-corrected chi connectivity index (χ4v) is 4.74. The van der Waals surface area contributed by atoms with E-state index in [0.29, 0.717) is 30.3 Å². The molecule has 0 spiro atoms. The first-order valence-electron chi connectivity index (χ1n) is 11.5. The van der Waals surface area contributed by atoms with Crippen molar-refractivity contribution < 1.29 is 9.59 Å². The average molecular weight is 495 g/mol. The molecule has 1 atom stereocenters. The Balaban J connectivity index is 1.80. The van der Waals surface area contributed by atoms with Crippen molar-refractivity contribution in [2.45, 2.75) is 38.1 Å². The molecule has 1 N–H and O–H groups in total. The molecule has 0 fully saturated rings. The van der Waals surface area contributed by atoms with Gasteiger partial charge in [0.2, 0.25) is 11.8 Å². The van der Waals surface area contributed by atoms with Crippen LogP contribution in [-0.2, 0) is 28.3 Å². The van der Waals surface area contributed by atoms with E-state index in [1.54, 1.807) is 4.90 Å². The molecule has 0 aliphatic carbocycles. The van der Waals surface area contributed by atoms with Crippen LogP contribution < -0.4 is 5.32 Å². The van der Waals surface area contributed by atoms with Crippen LogP contribution in [0.5, 0.6) is 0 Å². The van der Waals surface area contributed by atoms with Crippen molar-refractivity contribution in [2.24, 2.45) is 0 Å². The number of hydrogen-bond acceptors (Lipinski definition) is 3. The van der Waals surface area contributed by atoms with Gasteiger partial charge in [0.1, 0.15) is 6.04 Å². The highest BCUT2D eigenvalue weighted by Gasteiger charge is 2.30. The normalized spacial score (nSPS) is 11.6. The summed E-state index contributed by atoms with van der Waals surface area (Å²) in [4.78, 5) is 28.5. The molecular formula is C28H31ClN2O2S. The topological polar surface area (TPSA) is 49.4 Å². The van der Waals surface area contributed by atoms with Crippen molar-refractivity contribution in [2.75, 3.05) is 12.3 Å². The minimum absolute atomic E-state index is 0.0524. The molecule has 3 aromatic rings. The molecule has 0 aromatic heterocycles. The molecule has 178 valence electrons. The largest absolute Gasteiger partial charge is 0.354 e. The number of nitrogens with zero attached hydrogens (tertiary/aromatic N) is 1. The van der Waals surface area contributed by atoms with Crippen LogP contribution in [0.4, 0.5) is 0 Å². The average Bonchev–Trinajstić information content (AvgIpc) is 2.86. The van der Waals surface area contributed by atoms with Crippen LogP contribution in [0.25, 0.3) is 0 Å². The van der Waals surface area contributed by atoms with E-state index < -0.39 is 6.04 Å². The number of carbonyl (C=O) groups is 2. The summed E-state index contributed by atoms with van der Waals surface area (Å²) < 4.78 is 0. The van der Waals surface area contributed by atoms with Gasteiger partial charge in [0.15, 0.2) is 0 Å². The van der Waals surface area contributed by atoms with E-state index in [1.165, 1.54) is 11.8 Å². The Morgan fingerprint density at radius 3 is 2.21 bits per heavy atom. The van der Waals surface area contributed by atoms with Gasteiger partial charge in [-0.15, -0.1) is 11.8 Å². The smallest absolute Gasteiger partial charge is 0.243 e. The number of benzene rings is 3. The second-order valence-electron chi connectivity index (χ2n) is 8.13. The van der Waals surface area contributed by atoms with E-state index in [-0.39, 0.29) is 17.6 Å². The molecule has 3 rings (SSSR count). The van der Waals surface area contributed by atoms with Crippen LogP contribution in [-0.4, -0.2) is 35.1 Å². The van der Waals surface area contributed by atoms with Crippen molar-refractivity contribution in [1.29, 1.82) is 0 Å². The summed E-state index contributed by atoms with van der Waals surface area (Å²) in [7, 11) is 0. The van der Waals surface area contributed by atoms with Gasteiger partial charge >= 0.3 is 0 Å². The quantitative estimate of drug-likeness (QED) is 0.349. The van der Waals surface area contributed by atoms with Crippen molar-refractivity contribution in [3.8, 4) is 0 Å². The Morgan fingerprint density at radius 2 is 1.56 bits per heavy atom. The third-order valence-corrected chi connectivity index (χ3v) is 6.62. The van der Waals surface area contributed by atoms with Crippen LogP contribution >= 0.6 is 23.4 Å². The fourth-order valence-electron chi connectivity index (χ4n) is 3.67. The van der Waals surface area contributed by atoms with E-state index in [4.69, 9.17) is 11.6 Å². The van der Waals surface area contributed by atoms with E-state index >= 15 is 0 Å². The molecule has 1 unspecified atom stereocenters. The summed E-state index contributed by atoms with van der Waals surface area (Å²) in [5.41, 5.74) is 3.09. The first-order valence-corrected chi connectivity index (χ1v) is 13.1. The molecule has 0 bridgehead atoms. The molecule has 0 heterocycles. The van der Waals surface area contributed by atoms with Crippen molar-refractivity contribution in [1.82, 2.24) is 10.2 Å². The van der Waals surface area contributed by atoms with E-state index in [2.05, 4.69) is 5.32 Å². The second kappa shape index (κ2) is 13.8. The first kappa shape index (κ1) is 25.9. The summed E-state index contributed by atoms with van der Waals surface area (Å²) in [5, 5.41) is 3.69. The first-order chi connectivity index (χ1) is 16.6. The van der Waals surface area contributed by atoms with Gasteiger partial charge in [-0.05, 0) is 35.2 Å². The van der Waals surface area contributed by atoms with Gasteiger partial charge < -0.3 is 10.2 Å². The molecule has 0 saturated heterocycles. The molecule has 34 heavy (non-hydrogen) atoms. The van der Waals surface area contributed by atoms with Crippen molar-refractivity contribution in [3.63, 3.8) is 0 Å².